The average Bonchev–Trinajstić information content (AvgIpc) is 2.69. The molecule has 6 heteroatoms. The van der Waals surface area contributed by atoms with E-state index >= 15 is 0 Å². The van der Waals surface area contributed by atoms with E-state index < -0.39 is 0 Å². The van der Waals surface area contributed by atoms with Gasteiger partial charge in [0.2, 0.25) is 11.8 Å². The van der Waals surface area contributed by atoms with Crippen molar-refractivity contribution in [3.8, 4) is 17.4 Å². The number of nitrogens with zero attached hydrogens (tertiary/aromatic N) is 1. The van der Waals surface area contributed by atoms with E-state index in [1.165, 1.54) is 12.3 Å². The second kappa shape index (κ2) is 8.53. The van der Waals surface area contributed by atoms with E-state index in [1.54, 1.807) is 49.6 Å². The zero-order chi connectivity index (χ0) is 19.1. The number of hydrogen-bond acceptors (Lipinski definition) is 5. The third-order valence-corrected chi connectivity index (χ3v) is 3.65. The lowest BCUT2D eigenvalue weighted by Crippen LogP contribution is -2.07. The fourth-order valence-corrected chi connectivity index (χ4v) is 2.29. The van der Waals surface area contributed by atoms with E-state index in [0.717, 1.165) is 5.56 Å². The van der Waals surface area contributed by atoms with Crippen LogP contribution in [0.25, 0.3) is 6.08 Å². The number of carbonyl (C=O) groups is 1. The monoisotopic (exact) mass is 361 g/mol. The van der Waals surface area contributed by atoms with E-state index in [-0.39, 0.29) is 5.91 Å². The number of rotatable bonds is 6. The van der Waals surface area contributed by atoms with Crippen molar-refractivity contribution in [3.05, 3.63) is 78.5 Å². The Bertz CT molecular complexity index is 936. The molecule has 0 radical (unpaired) electrons. The zero-order valence-electron chi connectivity index (χ0n) is 14.8. The Morgan fingerprint density at radius 1 is 1.04 bits per heavy atom. The van der Waals surface area contributed by atoms with Crippen molar-refractivity contribution >= 4 is 23.4 Å². The molecule has 3 aromatic rings. The molecule has 0 saturated carbocycles. The molecule has 136 valence electrons. The van der Waals surface area contributed by atoms with Crippen molar-refractivity contribution in [1.82, 2.24) is 4.98 Å². The Balaban J connectivity index is 1.60. The summed E-state index contributed by atoms with van der Waals surface area (Å²) in [5.74, 6) is 1.32. The van der Waals surface area contributed by atoms with Gasteiger partial charge < -0.3 is 20.5 Å². The molecular formula is C21H19N3O3. The number of pyridine rings is 1. The molecule has 0 unspecified atom stereocenters. The van der Waals surface area contributed by atoms with Crippen LogP contribution in [0, 0.1) is 0 Å². The molecule has 3 N–H and O–H groups in total. The van der Waals surface area contributed by atoms with Gasteiger partial charge in [0.25, 0.3) is 0 Å². The summed E-state index contributed by atoms with van der Waals surface area (Å²) >= 11 is 0. The predicted octanol–water partition coefficient (Wildman–Crippen LogP) is 4.12. The summed E-state index contributed by atoms with van der Waals surface area (Å²) in [4.78, 5) is 16.2. The van der Waals surface area contributed by atoms with Crippen LogP contribution in [-0.4, -0.2) is 18.0 Å². The topological polar surface area (TPSA) is 86.5 Å². The fourth-order valence-electron chi connectivity index (χ4n) is 2.29. The molecule has 0 saturated heterocycles. The lowest BCUT2D eigenvalue weighted by molar-refractivity contribution is -0.111. The number of hydrogen-bond donors (Lipinski definition) is 2. The normalized spacial score (nSPS) is 10.6. The first kappa shape index (κ1) is 18.0. The molecule has 0 atom stereocenters. The van der Waals surface area contributed by atoms with Gasteiger partial charge in [-0.25, -0.2) is 4.98 Å². The summed E-state index contributed by atoms with van der Waals surface area (Å²) < 4.78 is 10.9. The molecule has 1 aromatic heterocycles. The SMILES string of the molecule is COc1ccccc1Oc1ccc(NC(=O)/C=C/c2ccc(N)cc2)cn1. The largest absolute Gasteiger partial charge is 0.493 e. The maximum Gasteiger partial charge on any atom is 0.248 e. The molecule has 0 bridgehead atoms. The summed E-state index contributed by atoms with van der Waals surface area (Å²) in [6, 6.07) is 17.9. The van der Waals surface area contributed by atoms with Crippen molar-refractivity contribution in [3.63, 3.8) is 0 Å². The van der Waals surface area contributed by atoms with Crippen LogP contribution >= 0.6 is 0 Å². The highest BCUT2D eigenvalue weighted by Gasteiger charge is 2.06. The molecule has 2 aromatic carbocycles. The number of aromatic nitrogens is 1. The first-order valence-electron chi connectivity index (χ1n) is 8.25. The highest BCUT2D eigenvalue weighted by atomic mass is 16.5. The average molecular weight is 361 g/mol. The number of para-hydroxylation sites is 2. The molecule has 27 heavy (non-hydrogen) atoms. The van der Waals surface area contributed by atoms with Crippen LogP contribution in [-0.2, 0) is 4.79 Å². The van der Waals surface area contributed by atoms with Crippen LogP contribution in [0.2, 0.25) is 0 Å². The molecule has 0 fully saturated rings. The number of anilines is 2. The van der Waals surface area contributed by atoms with Crippen molar-refractivity contribution in [2.45, 2.75) is 0 Å². The van der Waals surface area contributed by atoms with Crippen molar-refractivity contribution < 1.29 is 14.3 Å². The minimum Gasteiger partial charge on any atom is -0.493 e. The lowest BCUT2D eigenvalue weighted by atomic mass is 10.2. The van der Waals surface area contributed by atoms with E-state index in [0.29, 0.717) is 28.8 Å². The van der Waals surface area contributed by atoms with E-state index in [2.05, 4.69) is 10.3 Å². The van der Waals surface area contributed by atoms with Crippen LogP contribution < -0.4 is 20.5 Å². The number of amides is 1. The van der Waals surface area contributed by atoms with Crippen molar-refractivity contribution in [1.29, 1.82) is 0 Å². The molecule has 0 aliphatic carbocycles. The van der Waals surface area contributed by atoms with Gasteiger partial charge in [0.15, 0.2) is 11.5 Å². The molecule has 3 rings (SSSR count). The predicted molar refractivity (Wildman–Crippen MR) is 106 cm³/mol. The maximum absolute atomic E-state index is 12.0. The van der Waals surface area contributed by atoms with Crippen LogP contribution in [0.5, 0.6) is 17.4 Å². The Kier molecular flexibility index (Phi) is 5.69. The van der Waals surface area contributed by atoms with Gasteiger partial charge in [0.1, 0.15) is 0 Å². The maximum atomic E-state index is 12.0. The molecule has 1 heterocycles. The van der Waals surface area contributed by atoms with E-state index in [9.17, 15) is 4.79 Å². The van der Waals surface area contributed by atoms with Gasteiger partial charge in [-0.1, -0.05) is 24.3 Å². The number of nitrogens with one attached hydrogen (secondary N) is 1. The Hall–Kier alpha value is -3.80. The summed E-state index contributed by atoms with van der Waals surface area (Å²) in [6.07, 6.45) is 4.69. The van der Waals surface area contributed by atoms with Crippen LogP contribution in [0.4, 0.5) is 11.4 Å². The highest BCUT2D eigenvalue weighted by Crippen LogP contribution is 2.30. The summed E-state index contributed by atoms with van der Waals surface area (Å²) in [5.41, 5.74) is 7.76. The van der Waals surface area contributed by atoms with Crippen molar-refractivity contribution in [2.24, 2.45) is 0 Å². The minimum absolute atomic E-state index is 0.257. The Morgan fingerprint density at radius 3 is 2.44 bits per heavy atom. The number of methoxy groups -OCH3 is 1. The number of nitrogens with two attached hydrogens (primary N) is 1. The summed E-state index contributed by atoms with van der Waals surface area (Å²) in [6.45, 7) is 0. The molecule has 6 nitrogen and oxygen atoms in total. The number of carbonyl (C=O) groups excluding carboxylic acids is 1. The third-order valence-electron chi connectivity index (χ3n) is 3.65. The summed E-state index contributed by atoms with van der Waals surface area (Å²) in [7, 11) is 1.58. The third kappa shape index (κ3) is 5.09. The van der Waals surface area contributed by atoms with Gasteiger partial charge in [-0.05, 0) is 42.0 Å². The highest BCUT2D eigenvalue weighted by molar-refractivity contribution is 6.01. The first-order valence-corrected chi connectivity index (χ1v) is 8.25. The van der Waals surface area contributed by atoms with Crippen LogP contribution in [0.15, 0.2) is 72.9 Å². The second-order valence-electron chi connectivity index (χ2n) is 5.63. The number of nitrogen functional groups attached to an aromatic ring is 1. The lowest BCUT2D eigenvalue weighted by Gasteiger charge is -2.09. The van der Waals surface area contributed by atoms with Gasteiger partial charge in [-0.2, -0.15) is 0 Å². The first-order chi connectivity index (χ1) is 13.1. The minimum atomic E-state index is -0.257. The zero-order valence-corrected chi connectivity index (χ0v) is 14.8. The number of ether oxygens (including phenoxy) is 2. The summed E-state index contributed by atoms with van der Waals surface area (Å²) in [5, 5.41) is 2.74. The van der Waals surface area contributed by atoms with Gasteiger partial charge in [-0.3, -0.25) is 4.79 Å². The Labute approximate surface area is 157 Å². The molecule has 1 amide bonds. The quantitative estimate of drug-likeness (QED) is 0.509. The van der Waals surface area contributed by atoms with Gasteiger partial charge in [-0.15, -0.1) is 0 Å². The smallest absolute Gasteiger partial charge is 0.248 e. The van der Waals surface area contributed by atoms with E-state index in [1.807, 2.05) is 24.3 Å². The van der Waals surface area contributed by atoms with Crippen LogP contribution in [0.1, 0.15) is 5.56 Å². The van der Waals surface area contributed by atoms with E-state index in [4.69, 9.17) is 15.2 Å². The molecule has 0 spiro atoms. The van der Waals surface area contributed by atoms with Crippen molar-refractivity contribution in [2.75, 3.05) is 18.2 Å². The second-order valence-corrected chi connectivity index (χ2v) is 5.63. The van der Waals surface area contributed by atoms with Gasteiger partial charge in [0, 0.05) is 17.8 Å². The molecular weight excluding hydrogens is 342 g/mol. The fraction of sp³-hybridized carbons (Fsp3) is 0.0476. The Morgan fingerprint density at radius 2 is 1.78 bits per heavy atom. The molecule has 0 aliphatic rings. The van der Waals surface area contributed by atoms with Gasteiger partial charge >= 0.3 is 0 Å². The standard InChI is InChI=1S/C21H19N3O3/c1-26-18-4-2-3-5-19(18)27-21-13-11-17(14-23-21)24-20(25)12-8-15-6-9-16(22)10-7-15/h2-14H,22H2,1H3,(H,24,25)/b12-8+. The van der Waals surface area contributed by atoms with Gasteiger partial charge in [0.05, 0.1) is 19.0 Å². The van der Waals surface area contributed by atoms with Crippen LogP contribution in [0.3, 0.4) is 0 Å². The molecule has 0 aliphatic heterocycles. The number of benzene rings is 2.